The third kappa shape index (κ3) is 6.79. The molecule has 1 amide bonds. The molecular weight excluding hydrogens is 454 g/mol. The Labute approximate surface area is 169 Å². The highest BCUT2D eigenvalue weighted by Gasteiger charge is 2.67. The van der Waals surface area contributed by atoms with Gasteiger partial charge in [0.25, 0.3) is 0 Å². The number of ether oxygens (including phenoxy) is 3. The molecule has 0 spiro atoms. The first-order valence-electron chi connectivity index (χ1n) is 7.30. The van der Waals surface area contributed by atoms with Crippen molar-refractivity contribution in [2.45, 2.75) is 57.7 Å². The van der Waals surface area contributed by atoms with E-state index >= 15 is 0 Å². The standard InChI is InChI=1S/C14H21NO12.BrH/c1-6(17)15-10(5-16)13(23,26-8(3)19)14(24,27-9(4)20)11(21)12(22)25-7(2)18;/h5,10-12,21-24H,1-4H3,(H,15,17);1H/t10-,11+,12?,13-,14-;/m0./s1. The van der Waals surface area contributed by atoms with Gasteiger partial charge in [-0.25, -0.2) is 0 Å². The molecule has 0 aromatic carbocycles. The lowest BCUT2D eigenvalue weighted by Crippen LogP contribution is -2.75. The van der Waals surface area contributed by atoms with E-state index in [1.54, 1.807) is 5.32 Å². The molecule has 28 heavy (non-hydrogen) atoms. The molecule has 0 saturated carbocycles. The van der Waals surface area contributed by atoms with E-state index in [1.807, 2.05) is 0 Å². The molecule has 0 heterocycles. The predicted molar refractivity (Wildman–Crippen MR) is 91.2 cm³/mol. The third-order valence-electron chi connectivity index (χ3n) is 2.99. The van der Waals surface area contributed by atoms with Gasteiger partial charge in [0.05, 0.1) is 0 Å². The molecule has 0 aliphatic rings. The lowest BCUT2D eigenvalue weighted by Gasteiger charge is -2.45. The van der Waals surface area contributed by atoms with Gasteiger partial charge in [-0.05, 0) is 0 Å². The minimum absolute atomic E-state index is 0. The van der Waals surface area contributed by atoms with E-state index < -0.39 is 53.8 Å². The van der Waals surface area contributed by atoms with Crippen LogP contribution in [0.25, 0.3) is 0 Å². The summed E-state index contributed by atoms with van der Waals surface area (Å²) in [5.74, 6) is -12.3. The van der Waals surface area contributed by atoms with Crippen LogP contribution in [0, 0.1) is 0 Å². The minimum atomic E-state index is -3.77. The Kier molecular flexibility index (Phi) is 11.0. The Morgan fingerprint density at radius 3 is 1.64 bits per heavy atom. The lowest BCUT2D eigenvalue weighted by atomic mass is 9.92. The van der Waals surface area contributed by atoms with Gasteiger partial charge in [-0.3, -0.25) is 19.2 Å². The minimum Gasteiger partial charge on any atom is -0.433 e. The Morgan fingerprint density at radius 2 is 1.32 bits per heavy atom. The largest absolute Gasteiger partial charge is 0.433 e. The van der Waals surface area contributed by atoms with Crippen LogP contribution in [0.15, 0.2) is 0 Å². The quantitative estimate of drug-likeness (QED) is 0.0978. The number of amides is 1. The van der Waals surface area contributed by atoms with Gasteiger partial charge in [-0.2, -0.15) is 0 Å². The van der Waals surface area contributed by atoms with Crippen molar-refractivity contribution in [3.05, 3.63) is 0 Å². The highest BCUT2D eigenvalue weighted by Crippen LogP contribution is 2.34. The number of hydrogen-bond acceptors (Lipinski definition) is 12. The third-order valence-corrected chi connectivity index (χ3v) is 2.99. The van der Waals surface area contributed by atoms with Crippen molar-refractivity contribution in [2.75, 3.05) is 0 Å². The number of hydrogen-bond donors (Lipinski definition) is 5. The fraction of sp³-hybridized carbons (Fsp3) is 0.643. The van der Waals surface area contributed by atoms with Crippen LogP contribution in [0.5, 0.6) is 0 Å². The van der Waals surface area contributed by atoms with Crippen LogP contribution in [0.1, 0.15) is 27.7 Å². The topological polar surface area (TPSA) is 206 Å². The molecule has 0 aromatic rings. The first-order chi connectivity index (χ1) is 12.2. The number of carbonyl (C=O) groups excluding carboxylic acids is 5. The first-order valence-corrected chi connectivity index (χ1v) is 7.30. The summed E-state index contributed by atoms with van der Waals surface area (Å²) in [5.41, 5.74) is 0. The van der Waals surface area contributed by atoms with Gasteiger partial charge in [-0.15, -0.1) is 17.0 Å². The number of nitrogens with one attached hydrogen (secondary N) is 1. The molecule has 0 aromatic heterocycles. The van der Waals surface area contributed by atoms with E-state index in [4.69, 9.17) is 0 Å². The highest BCUT2D eigenvalue weighted by atomic mass is 79.9. The van der Waals surface area contributed by atoms with E-state index in [2.05, 4.69) is 14.2 Å². The second-order valence-electron chi connectivity index (χ2n) is 5.34. The van der Waals surface area contributed by atoms with E-state index in [0.717, 1.165) is 13.8 Å². The van der Waals surface area contributed by atoms with Crippen molar-refractivity contribution in [3.8, 4) is 0 Å². The van der Waals surface area contributed by atoms with Crippen molar-refractivity contribution >= 4 is 47.1 Å². The summed E-state index contributed by atoms with van der Waals surface area (Å²) in [6.07, 6.45) is -5.67. The van der Waals surface area contributed by atoms with Crippen LogP contribution in [0.2, 0.25) is 0 Å². The fourth-order valence-corrected chi connectivity index (χ4v) is 2.01. The van der Waals surface area contributed by atoms with Crippen LogP contribution < -0.4 is 5.32 Å². The Hall–Kier alpha value is -2.13. The molecule has 1 unspecified atom stereocenters. The summed E-state index contributed by atoms with van der Waals surface area (Å²) in [6.45, 7) is 3.10. The SMILES string of the molecule is Br.CC(=O)N[C@@H](C=O)[C@](O)(OC(C)=O)[C@@](O)(OC(C)=O)[C@H](O)C(O)OC(C)=O. The molecule has 0 aliphatic heterocycles. The average molecular weight is 476 g/mol. The van der Waals surface area contributed by atoms with Crippen molar-refractivity contribution in [1.29, 1.82) is 0 Å². The van der Waals surface area contributed by atoms with E-state index in [-0.39, 0.29) is 23.3 Å². The summed E-state index contributed by atoms with van der Waals surface area (Å²) in [6, 6.07) is -2.29. The normalized spacial score (nSPS) is 17.9. The zero-order chi connectivity index (χ0) is 21.6. The summed E-state index contributed by atoms with van der Waals surface area (Å²) in [7, 11) is 0. The van der Waals surface area contributed by atoms with E-state index in [9.17, 15) is 44.4 Å². The molecule has 0 radical (unpaired) electrons. The van der Waals surface area contributed by atoms with E-state index in [1.165, 1.54) is 0 Å². The molecular formula is C14H22BrNO12. The van der Waals surface area contributed by atoms with Gasteiger partial charge in [-0.1, -0.05) is 0 Å². The van der Waals surface area contributed by atoms with Crippen molar-refractivity contribution in [1.82, 2.24) is 5.32 Å². The lowest BCUT2D eigenvalue weighted by molar-refractivity contribution is -0.404. The first kappa shape index (κ1) is 28.1. The summed E-state index contributed by atoms with van der Waals surface area (Å²) < 4.78 is 13.1. The van der Waals surface area contributed by atoms with Crippen molar-refractivity contribution < 1.29 is 58.6 Å². The predicted octanol–water partition coefficient (Wildman–Crippen LogP) is -2.99. The second-order valence-corrected chi connectivity index (χ2v) is 5.34. The molecule has 162 valence electrons. The number of aliphatic hydroxyl groups excluding tert-OH is 2. The zero-order valence-corrected chi connectivity index (χ0v) is 17.0. The van der Waals surface area contributed by atoms with Crippen LogP contribution >= 0.6 is 17.0 Å². The van der Waals surface area contributed by atoms with Gasteiger partial charge in [0, 0.05) is 27.7 Å². The molecule has 14 heteroatoms. The van der Waals surface area contributed by atoms with Crippen molar-refractivity contribution in [3.63, 3.8) is 0 Å². The number of esters is 3. The smallest absolute Gasteiger partial charge is 0.312 e. The van der Waals surface area contributed by atoms with Gasteiger partial charge < -0.3 is 44.7 Å². The number of aldehydes is 1. The van der Waals surface area contributed by atoms with Crippen LogP contribution in [-0.4, -0.2) is 80.5 Å². The summed E-state index contributed by atoms with van der Waals surface area (Å²) in [5, 5.41) is 42.9. The van der Waals surface area contributed by atoms with E-state index in [0.29, 0.717) is 13.8 Å². The maximum absolute atomic E-state index is 11.4. The molecule has 13 nitrogen and oxygen atoms in total. The molecule has 0 saturated heterocycles. The van der Waals surface area contributed by atoms with Crippen LogP contribution in [0.3, 0.4) is 0 Å². The molecule has 0 rings (SSSR count). The molecule has 0 aliphatic carbocycles. The van der Waals surface area contributed by atoms with Gasteiger partial charge in [0.15, 0.2) is 12.1 Å². The zero-order valence-electron chi connectivity index (χ0n) is 15.3. The molecule has 5 N–H and O–H groups in total. The number of halogens is 1. The Morgan fingerprint density at radius 1 is 0.893 bits per heavy atom. The average Bonchev–Trinajstić information content (AvgIpc) is 2.48. The Bertz CT molecular complexity index is 613. The fourth-order valence-electron chi connectivity index (χ4n) is 2.01. The number of rotatable bonds is 9. The van der Waals surface area contributed by atoms with Gasteiger partial charge >= 0.3 is 29.5 Å². The molecule has 0 bridgehead atoms. The summed E-state index contributed by atoms with van der Waals surface area (Å²) >= 11 is 0. The second kappa shape index (κ2) is 11.0. The highest BCUT2D eigenvalue weighted by molar-refractivity contribution is 8.93. The molecule has 0 fully saturated rings. The maximum Gasteiger partial charge on any atom is 0.312 e. The number of carbonyl (C=O) groups is 5. The van der Waals surface area contributed by atoms with Gasteiger partial charge in [0.1, 0.15) is 6.29 Å². The maximum atomic E-state index is 11.4. The number of aliphatic hydroxyl groups is 4. The van der Waals surface area contributed by atoms with Crippen molar-refractivity contribution in [2.24, 2.45) is 0 Å². The Balaban J connectivity index is 0. The summed E-state index contributed by atoms with van der Waals surface area (Å²) in [4.78, 5) is 56.2. The van der Waals surface area contributed by atoms with Gasteiger partial charge in [0.2, 0.25) is 12.2 Å². The van der Waals surface area contributed by atoms with Crippen LogP contribution in [-0.2, 0) is 38.2 Å². The molecule has 5 atom stereocenters. The van der Waals surface area contributed by atoms with Crippen LogP contribution in [0.4, 0.5) is 0 Å². The monoisotopic (exact) mass is 475 g/mol.